The monoisotopic (exact) mass is 424 g/mol. The normalized spacial score (nSPS) is 13.5. The summed E-state index contributed by atoms with van der Waals surface area (Å²) >= 11 is 1.47. The lowest BCUT2D eigenvalue weighted by Gasteiger charge is -2.07. The number of anilines is 1. The lowest BCUT2D eigenvalue weighted by Crippen LogP contribution is -2.25. The number of rotatable bonds is 5. The van der Waals surface area contributed by atoms with Gasteiger partial charge in [0.2, 0.25) is 0 Å². The zero-order valence-electron chi connectivity index (χ0n) is 17.2. The van der Waals surface area contributed by atoms with Crippen LogP contribution in [0.5, 0.6) is 0 Å². The number of nitrogens with one attached hydrogen (secondary N) is 1. The third kappa shape index (κ3) is 3.97. The standard InChI is InChI=1S/C13H15N3O2S.C8H9N3/c1-7(2)9-10-11(13(18)16(15-9)5-6-17)19-12(14-10)8-3-4-8;1-9-7-2-3-8-4-10-6-11(8)5-7/h6-8H,3-5H2,1-2H3;2-6,9H,1H3. The average molecular weight is 425 g/mol. The van der Waals surface area contributed by atoms with E-state index in [0.29, 0.717) is 16.9 Å². The van der Waals surface area contributed by atoms with Crippen LogP contribution in [0.15, 0.2) is 35.6 Å². The van der Waals surface area contributed by atoms with Crippen LogP contribution in [0.2, 0.25) is 0 Å². The van der Waals surface area contributed by atoms with Crippen molar-refractivity contribution in [2.45, 2.75) is 45.1 Å². The van der Waals surface area contributed by atoms with Crippen LogP contribution < -0.4 is 10.9 Å². The van der Waals surface area contributed by atoms with Crippen LogP contribution in [-0.4, -0.2) is 37.5 Å². The van der Waals surface area contributed by atoms with Crippen LogP contribution in [0.4, 0.5) is 5.69 Å². The number of aromatic nitrogens is 5. The van der Waals surface area contributed by atoms with Gasteiger partial charge in [0.1, 0.15) is 23.0 Å². The van der Waals surface area contributed by atoms with Crippen molar-refractivity contribution in [3.05, 3.63) is 51.9 Å². The Kier molecular flexibility index (Phi) is 5.63. The number of hydrogen-bond acceptors (Lipinski definition) is 7. The first-order chi connectivity index (χ1) is 14.5. The lowest BCUT2D eigenvalue weighted by atomic mass is 10.1. The smallest absolute Gasteiger partial charge is 0.286 e. The van der Waals surface area contributed by atoms with Gasteiger partial charge < -0.3 is 14.5 Å². The molecule has 1 aliphatic carbocycles. The summed E-state index contributed by atoms with van der Waals surface area (Å²) in [5.74, 6) is 0.700. The molecule has 0 amide bonds. The molecule has 4 aromatic heterocycles. The van der Waals surface area contributed by atoms with E-state index in [4.69, 9.17) is 0 Å². The zero-order chi connectivity index (χ0) is 21.3. The van der Waals surface area contributed by atoms with Gasteiger partial charge in [0.05, 0.1) is 34.4 Å². The Morgan fingerprint density at radius 2 is 2.13 bits per heavy atom. The molecule has 0 aliphatic heterocycles. The lowest BCUT2D eigenvalue weighted by molar-refractivity contribution is -0.108. The minimum Gasteiger partial charge on any atom is -0.387 e. The second kappa shape index (κ2) is 8.35. The average Bonchev–Trinajstić information content (AvgIpc) is 3.32. The van der Waals surface area contributed by atoms with Gasteiger partial charge in [-0.05, 0) is 30.9 Å². The molecule has 30 heavy (non-hydrogen) atoms. The number of aldehydes is 1. The minimum atomic E-state index is -0.198. The van der Waals surface area contributed by atoms with E-state index in [1.54, 1.807) is 6.33 Å². The maximum absolute atomic E-state index is 12.3. The van der Waals surface area contributed by atoms with Gasteiger partial charge in [0, 0.05) is 19.2 Å². The Morgan fingerprint density at radius 3 is 2.80 bits per heavy atom. The molecule has 1 fully saturated rings. The Labute approximate surface area is 177 Å². The number of thiazole rings is 1. The van der Waals surface area contributed by atoms with E-state index in [9.17, 15) is 9.59 Å². The largest absolute Gasteiger partial charge is 0.387 e. The second-order valence-corrected chi connectivity index (χ2v) is 8.62. The molecule has 1 saturated carbocycles. The molecule has 156 valence electrons. The molecule has 1 N–H and O–H groups in total. The van der Waals surface area contributed by atoms with Gasteiger partial charge in [-0.2, -0.15) is 5.10 Å². The highest BCUT2D eigenvalue weighted by molar-refractivity contribution is 7.18. The molecule has 0 unspecified atom stereocenters. The Balaban J connectivity index is 0.000000168. The highest BCUT2D eigenvalue weighted by Gasteiger charge is 2.29. The molecule has 8 nitrogen and oxygen atoms in total. The van der Waals surface area contributed by atoms with Crippen LogP contribution in [0.3, 0.4) is 0 Å². The Morgan fingerprint density at radius 1 is 1.33 bits per heavy atom. The van der Waals surface area contributed by atoms with E-state index in [-0.39, 0.29) is 18.0 Å². The van der Waals surface area contributed by atoms with E-state index >= 15 is 0 Å². The maximum Gasteiger partial charge on any atom is 0.286 e. The van der Waals surface area contributed by atoms with Crippen molar-refractivity contribution in [2.75, 3.05) is 12.4 Å². The van der Waals surface area contributed by atoms with Gasteiger partial charge in [-0.1, -0.05) is 13.8 Å². The van der Waals surface area contributed by atoms with Gasteiger partial charge >= 0.3 is 0 Å². The first-order valence-corrected chi connectivity index (χ1v) is 10.8. The number of carbonyl (C=O) groups is 1. The fourth-order valence-electron chi connectivity index (χ4n) is 3.15. The van der Waals surface area contributed by atoms with Crippen LogP contribution in [0.25, 0.3) is 15.7 Å². The van der Waals surface area contributed by atoms with Crippen LogP contribution in [0.1, 0.15) is 49.2 Å². The predicted molar refractivity (Wildman–Crippen MR) is 119 cm³/mol. The minimum absolute atomic E-state index is 0.00511. The van der Waals surface area contributed by atoms with Crippen LogP contribution >= 0.6 is 11.3 Å². The van der Waals surface area contributed by atoms with Crippen molar-refractivity contribution < 1.29 is 4.79 Å². The third-order valence-electron chi connectivity index (χ3n) is 4.96. The van der Waals surface area contributed by atoms with Gasteiger partial charge in [-0.15, -0.1) is 11.3 Å². The second-order valence-electron chi connectivity index (χ2n) is 7.59. The molecule has 4 heterocycles. The van der Waals surface area contributed by atoms with E-state index in [1.807, 2.05) is 49.8 Å². The van der Waals surface area contributed by atoms with Gasteiger partial charge in [-0.25, -0.2) is 14.6 Å². The Hall–Kier alpha value is -3.07. The first kappa shape index (κ1) is 20.2. The molecule has 0 saturated heterocycles. The summed E-state index contributed by atoms with van der Waals surface area (Å²) in [6.45, 7) is 4.05. The predicted octanol–water partition coefficient (Wildman–Crippen LogP) is 3.43. The summed E-state index contributed by atoms with van der Waals surface area (Å²) in [6, 6.07) is 4.05. The van der Waals surface area contributed by atoms with Gasteiger partial charge in [0.25, 0.3) is 5.56 Å². The summed E-state index contributed by atoms with van der Waals surface area (Å²) in [5, 5.41) is 8.40. The summed E-state index contributed by atoms with van der Waals surface area (Å²) in [4.78, 5) is 31.5. The van der Waals surface area contributed by atoms with Crippen molar-refractivity contribution in [1.29, 1.82) is 0 Å². The van der Waals surface area contributed by atoms with Gasteiger partial charge in [0.15, 0.2) is 0 Å². The van der Waals surface area contributed by atoms with Crippen molar-refractivity contribution >= 4 is 39.0 Å². The highest BCUT2D eigenvalue weighted by atomic mass is 32.1. The summed E-state index contributed by atoms with van der Waals surface area (Å²) in [7, 11) is 1.90. The van der Waals surface area contributed by atoms with Crippen LogP contribution in [0, 0.1) is 0 Å². The maximum atomic E-state index is 12.3. The van der Waals surface area contributed by atoms with E-state index in [1.165, 1.54) is 16.0 Å². The number of nitrogens with zero attached hydrogens (tertiary/aromatic N) is 5. The number of pyridine rings is 1. The molecular weight excluding hydrogens is 400 g/mol. The third-order valence-corrected chi connectivity index (χ3v) is 6.17. The molecule has 0 aromatic carbocycles. The fraction of sp³-hybridized carbons (Fsp3) is 0.381. The molecule has 0 bridgehead atoms. The Bertz CT molecular complexity index is 1250. The quantitative estimate of drug-likeness (QED) is 0.493. The molecular formula is C21H24N6O2S. The van der Waals surface area contributed by atoms with Crippen molar-refractivity contribution in [2.24, 2.45) is 0 Å². The van der Waals surface area contributed by atoms with Crippen molar-refractivity contribution in [3.8, 4) is 0 Å². The summed E-state index contributed by atoms with van der Waals surface area (Å²) < 4.78 is 3.87. The van der Waals surface area contributed by atoms with Crippen molar-refractivity contribution in [1.82, 2.24) is 24.1 Å². The number of fused-ring (bicyclic) bond motifs is 2. The van der Waals surface area contributed by atoms with Gasteiger partial charge in [-0.3, -0.25) is 4.79 Å². The topological polar surface area (TPSA) is 94.2 Å². The SMILES string of the molecule is CC(C)c1nn(CC=O)c(=O)c2sc(C3CC3)nc12.CNc1ccc2cncn2c1. The van der Waals surface area contributed by atoms with Crippen molar-refractivity contribution in [3.63, 3.8) is 0 Å². The molecule has 0 spiro atoms. The number of carbonyl (C=O) groups excluding carboxylic acids is 1. The first-order valence-electron chi connectivity index (χ1n) is 9.96. The molecule has 9 heteroatoms. The highest BCUT2D eigenvalue weighted by Crippen LogP contribution is 2.43. The molecule has 5 rings (SSSR count). The molecule has 0 radical (unpaired) electrons. The number of hydrogen-bond donors (Lipinski definition) is 1. The fourth-order valence-corrected chi connectivity index (χ4v) is 4.34. The van der Waals surface area contributed by atoms with E-state index in [2.05, 4.69) is 20.4 Å². The molecule has 4 aromatic rings. The van der Waals surface area contributed by atoms with E-state index in [0.717, 1.165) is 40.3 Å². The number of imidazole rings is 1. The molecule has 0 atom stereocenters. The molecule has 1 aliphatic rings. The van der Waals surface area contributed by atoms with E-state index < -0.39 is 0 Å². The van der Waals surface area contributed by atoms with Crippen LogP contribution in [-0.2, 0) is 11.3 Å². The zero-order valence-corrected chi connectivity index (χ0v) is 18.0. The summed E-state index contributed by atoms with van der Waals surface area (Å²) in [5.41, 5.74) is 3.55. The summed E-state index contributed by atoms with van der Waals surface area (Å²) in [6.07, 6.45) is 8.64.